The minimum atomic E-state index is 0.0990. The summed E-state index contributed by atoms with van der Waals surface area (Å²) in [6, 6.07) is 14.0. The number of fused-ring (bicyclic) bond motifs is 3. The van der Waals surface area contributed by atoms with Crippen molar-refractivity contribution < 1.29 is 4.79 Å². The molecule has 6 rings (SSSR count). The van der Waals surface area contributed by atoms with Crippen LogP contribution in [0.2, 0.25) is 5.02 Å². The number of hydrogen-bond acceptors (Lipinski definition) is 3. The van der Waals surface area contributed by atoms with Gasteiger partial charge in [-0.2, -0.15) is 5.10 Å². The van der Waals surface area contributed by atoms with Crippen molar-refractivity contribution >= 4 is 23.1 Å². The lowest BCUT2D eigenvalue weighted by molar-refractivity contribution is 0.0733. The van der Waals surface area contributed by atoms with Crippen LogP contribution in [-0.4, -0.2) is 40.2 Å². The van der Waals surface area contributed by atoms with E-state index in [4.69, 9.17) is 11.6 Å². The molecule has 0 unspecified atom stereocenters. The highest BCUT2D eigenvalue weighted by Crippen LogP contribution is 2.37. The molecule has 3 aliphatic rings. The summed E-state index contributed by atoms with van der Waals surface area (Å²) in [5.74, 6) is 0.0990. The lowest BCUT2D eigenvalue weighted by Crippen LogP contribution is -2.36. The molecule has 2 aliphatic heterocycles. The normalized spacial score (nSPS) is 17.4. The van der Waals surface area contributed by atoms with Crippen LogP contribution in [0.25, 0.3) is 11.3 Å². The first kappa shape index (κ1) is 18.8. The zero-order valence-electron chi connectivity index (χ0n) is 17.2. The van der Waals surface area contributed by atoms with Gasteiger partial charge in [-0.05, 0) is 65.9 Å². The molecule has 0 radical (unpaired) electrons. The van der Waals surface area contributed by atoms with Crippen LogP contribution < -0.4 is 5.32 Å². The van der Waals surface area contributed by atoms with Crippen LogP contribution in [0.4, 0.5) is 0 Å². The summed E-state index contributed by atoms with van der Waals surface area (Å²) < 4.78 is 1.92. The van der Waals surface area contributed by atoms with Gasteiger partial charge in [-0.25, -0.2) is 4.68 Å². The second-order valence-electron chi connectivity index (χ2n) is 8.51. The van der Waals surface area contributed by atoms with Crippen LogP contribution in [-0.2, 0) is 19.4 Å². The molecule has 2 aromatic carbocycles. The fourth-order valence-electron chi connectivity index (χ4n) is 5.12. The Hall–Kier alpha value is -2.89. The number of benzene rings is 2. The van der Waals surface area contributed by atoms with E-state index >= 15 is 0 Å². The van der Waals surface area contributed by atoms with Crippen molar-refractivity contribution in [2.45, 2.75) is 25.8 Å². The highest BCUT2D eigenvalue weighted by atomic mass is 35.5. The molecule has 0 atom stereocenters. The highest BCUT2D eigenvalue weighted by Gasteiger charge is 2.28. The summed E-state index contributed by atoms with van der Waals surface area (Å²) in [5.41, 5.74) is 9.46. The molecule has 0 saturated carbocycles. The number of aromatic nitrogens is 2. The summed E-state index contributed by atoms with van der Waals surface area (Å²) in [7, 11) is 0. The average Bonchev–Trinajstić information content (AvgIpc) is 3.39. The fraction of sp³-hybridized carbons (Fsp3) is 0.280. The Morgan fingerprint density at radius 1 is 1.10 bits per heavy atom. The molecule has 1 aromatic heterocycles. The van der Waals surface area contributed by atoms with Gasteiger partial charge in [-0.3, -0.25) is 4.79 Å². The first-order chi connectivity index (χ1) is 15.2. The Kier molecular flexibility index (Phi) is 4.47. The number of para-hydroxylation sites is 1. The maximum absolute atomic E-state index is 13.3. The largest absolute Gasteiger partial charge is 0.334 e. The summed E-state index contributed by atoms with van der Waals surface area (Å²) in [5, 5.41) is 8.71. The standard InChI is InChI=1S/C25H23ClN4O/c26-22-3-1-2-4-24(22)30-23-8-10-29(15-19(23)14-28-30)25(31)17-6-5-16-11-18-13-27-9-7-20(18)21(16)12-17/h1-6,12,14,27H,7-11,13,15H2. The quantitative estimate of drug-likeness (QED) is 0.667. The Bertz CT molecular complexity index is 1240. The van der Waals surface area contributed by atoms with Crippen molar-refractivity contribution in [1.29, 1.82) is 0 Å². The highest BCUT2D eigenvalue weighted by molar-refractivity contribution is 6.32. The van der Waals surface area contributed by atoms with Gasteiger partial charge in [-0.15, -0.1) is 0 Å². The van der Waals surface area contributed by atoms with E-state index in [1.807, 2.05) is 46.1 Å². The molecule has 1 aliphatic carbocycles. The van der Waals surface area contributed by atoms with E-state index < -0.39 is 0 Å². The summed E-state index contributed by atoms with van der Waals surface area (Å²) >= 11 is 6.38. The van der Waals surface area contributed by atoms with Gasteiger partial charge in [0.2, 0.25) is 0 Å². The van der Waals surface area contributed by atoms with E-state index in [9.17, 15) is 4.79 Å². The van der Waals surface area contributed by atoms with Crippen LogP contribution in [0.5, 0.6) is 0 Å². The van der Waals surface area contributed by atoms with E-state index in [-0.39, 0.29) is 5.91 Å². The smallest absolute Gasteiger partial charge is 0.254 e. The topological polar surface area (TPSA) is 50.2 Å². The fourth-order valence-corrected chi connectivity index (χ4v) is 5.34. The van der Waals surface area contributed by atoms with Crippen molar-refractivity contribution in [3.8, 4) is 5.69 Å². The average molecular weight is 431 g/mol. The third kappa shape index (κ3) is 3.11. The van der Waals surface area contributed by atoms with Crippen LogP contribution in [0.3, 0.4) is 0 Å². The van der Waals surface area contributed by atoms with E-state index in [0.29, 0.717) is 18.1 Å². The molecule has 3 aromatic rings. The maximum Gasteiger partial charge on any atom is 0.254 e. The number of carbonyl (C=O) groups is 1. The van der Waals surface area contributed by atoms with Gasteiger partial charge in [-0.1, -0.05) is 29.8 Å². The summed E-state index contributed by atoms with van der Waals surface area (Å²) in [6.07, 6.45) is 4.69. The molecule has 31 heavy (non-hydrogen) atoms. The Balaban J connectivity index is 1.26. The molecule has 0 fully saturated rings. The molecule has 0 bridgehead atoms. The Labute approximate surface area is 186 Å². The predicted octanol–water partition coefficient (Wildman–Crippen LogP) is 4.03. The number of rotatable bonds is 2. The van der Waals surface area contributed by atoms with Crippen LogP contribution in [0.1, 0.15) is 39.2 Å². The number of halogens is 1. The maximum atomic E-state index is 13.3. The van der Waals surface area contributed by atoms with Crippen molar-refractivity contribution in [3.05, 3.63) is 87.2 Å². The number of amides is 1. The molecule has 1 amide bonds. The van der Waals surface area contributed by atoms with Crippen LogP contribution >= 0.6 is 11.6 Å². The summed E-state index contributed by atoms with van der Waals surface area (Å²) in [6.45, 7) is 3.24. The van der Waals surface area contributed by atoms with Gasteiger partial charge in [0, 0.05) is 37.2 Å². The van der Waals surface area contributed by atoms with Gasteiger partial charge in [0.1, 0.15) is 0 Å². The monoisotopic (exact) mass is 430 g/mol. The number of hydrogen-bond donors (Lipinski definition) is 1. The Morgan fingerprint density at radius 3 is 2.90 bits per heavy atom. The molecular formula is C25H23ClN4O. The zero-order valence-corrected chi connectivity index (χ0v) is 18.0. The van der Waals surface area contributed by atoms with Gasteiger partial charge < -0.3 is 10.2 Å². The first-order valence-electron chi connectivity index (χ1n) is 10.8. The van der Waals surface area contributed by atoms with E-state index in [2.05, 4.69) is 22.5 Å². The molecule has 6 heteroatoms. The van der Waals surface area contributed by atoms with E-state index in [0.717, 1.165) is 54.9 Å². The number of nitrogens with one attached hydrogen (secondary N) is 1. The van der Waals surface area contributed by atoms with Gasteiger partial charge >= 0.3 is 0 Å². The minimum Gasteiger partial charge on any atom is -0.334 e. The Morgan fingerprint density at radius 2 is 2.00 bits per heavy atom. The van der Waals surface area contributed by atoms with Crippen molar-refractivity contribution in [3.63, 3.8) is 0 Å². The van der Waals surface area contributed by atoms with E-state index in [1.165, 1.54) is 22.3 Å². The van der Waals surface area contributed by atoms with Gasteiger partial charge in [0.05, 0.1) is 22.6 Å². The summed E-state index contributed by atoms with van der Waals surface area (Å²) in [4.78, 5) is 15.3. The van der Waals surface area contributed by atoms with Crippen LogP contribution in [0, 0.1) is 0 Å². The second kappa shape index (κ2) is 7.36. The molecule has 5 nitrogen and oxygen atoms in total. The number of carbonyl (C=O) groups excluding carboxylic acids is 1. The van der Waals surface area contributed by atoms with E-state index in [1.54, 1.807) is 0 Å². The SMILES string of the molecule is O=C(c1ccc2c(c1)C1=C(CNCC1)C2)N1CCc2c(cnn2-c2ccccc2Cl)C1. The number of nitrogens with zero attached hydrogens (tertiary/aromatic N) is 3. The lowest BCUT2D eigenvalue weighted by Gasteiger charge is -2.28. The molecule has 0 spiro atoms. The minimum absolute atomic E-state index is 0.0990. The van der Waals surface area contributed by atoms with Crippen molar-refractivity contribution in [1.82, 2.24) is 20.0 Å². The predicted molar refractivity (Wildman–Crippen MR) is 122 cm³/mol. The first-order valence-corrected chi connectivity index (χ1v) is 11.2. The molecule has 1 N–H and O–H groups in total. The molecule has 3 heterocycles. The molecule has 156 valence electrons. The second-order valence-corrected chi connectivity index (χ2v) is 8.92. The third-order valence-electron chi connectivity index (χ3n) is 6.71. The van der Waals surface area contributed by atoms with Crippen molar-refractivity contribution in [2.24, 2.45) is 0 Å². The third-order valence-corrected chi connectivity index (χ3v) is 7.03. The lowest BCUT2D eigenvalue weighted by atomic mass is 9.98. The molecule has 0 saturated heterocycles. The molecular weight excluding hydrogens is 408 g/mol. The van der Waals surface area contributed by atoms with Gasteiger partial charge in [0.25, 0.3) is 5.91 Å². The zero-order chi connectivity index (χ0) is 20.9. The van der Waals surface area contributed by atoms with Crippen LogP contribution in [0.15, 0.2) is 54.2 Å². The van der Waals surface area contributed by atoms with Gasteiger partial charge in [0.15, 0.2) is 0 Å². The van der Waals surface area contributed by atoms with Crippen molar-refractivity contribution in [2.75, 3.05) is 19.6 Å².